The third-order valence-corrected chi connectivity index (χ3v) is 10.6. The summed E-state index contributed by atoms with van der Waals surface area (Å²) in [6, 6.07) is 11.1. The molecule has 1 unspecified atom stereocenters. The van der Waals surface area contributed by atoms with E-state index in [4.69, 9.17) is 9.72 Å². The number of nitrogens with one attached hydrogen (secondary N) is 1. The van der Waals surface area contributed by atoms with Gasteiger partial charge in [-0.25, -0.2) is 4.98 Å². The number of nitrogens with zero attached hydrogens (tertiary/aromatic N) is 5. The fourth-order valence-corrected chi connectivity index (χ4v) is 7.97. The van der Waals surface area contributed by atoms with Crippen LogP contribution in [0.3, 0.4) is 0 Å². The van der Waals surface area contributed by atoms with E-state index < -0.39 is 0 Å². The van der Waals surface area contributed by atoms with E-state index in [-0.39, 0.29) is 11.6 Å². The average Bonchev–Trinajstić information content (AvgIpc) is 3.46. The van der Waals surface area contributed by atoms with Gasteiger partial charge in [-0.1, -0.05) is 61.9 Å². The molecule has 270 valence electrons. The molecule has 0 amide bonds. The van der Waals surface area contributed by atoms with Gasteiger partial charge in [-0.15, -0.1) is 0 Å². The highest BCUT2D eigenvalue weighted by Crippen LogP contribution is 2.45. The second-order valence-electron chi connectivity index (χ2n) is 15.7. The molecule has 7 nitrogen and oxygen atoms in total. The highest BCUT2D eigenvalue weighted by atomic mass is 16.5. The number of piperidine rings is 2. The van der Waals surface area contributed by atoms with Gasteiger partial charge < -0.3 is 24.4 Å². The molecule has 6 rings (SSSR count). The SMILES string of the molecule is C=C(CCC)NC(C1=Cc2cccnc2C(=C2CCN(C(=C)CC3CCN(C(=C)OC(C)(C)C)CC3)CC2)c2ccc(C)cc21)c1cncn1C. The van der Waals surface area contributed by atoms with Gasteiger partial charge in [0.2, 0.25) is 0 Å². The maximum absolute atomic E-state index is 6.05. The minimum atomic E-state index is -0.220. The topological polar surface area (TPSA) is 58.5 Å². The second kappa shape index (κ2) is 15.4. The summed E-state index contributed by atoms with van der Waals surface area (Å²) in [7, 11) is 2.07. The summed E-state index contributed by atoms with van der Waals surface area (Å²) in [6.07, 6.45) is 15.4. The first-order valence-electron chi connectivity index (χ1n) is 18.9. The first kappa shape index (κ1) is 36.3. The van der Waals surface area contributed by atoms with E-state index in [1.807, 2.05) is 18.7 Å². The lowest BCUT2D eigenvalue weighted by molar-refractivity contribution is -0.00565. The monoisotopic (exact) mass is 686 g/mol. The van der Waals surface area contributed by atoms with Crippen molar-refractivity contribution < 1.29 is 4.74 Å². The van der Waals surface area contributed by atoms with E-state index in [1.54, 1.807) is 0 Å². The minimum Gasteiger partial charge on any atom is -0.474 e. The van der Waals surface area contributed by atoms with Crippen molar-refractivity contribution in [2.24, 2.45) is 13.0 Å². The van der Waals surface area contributed by atoms with Gasteiger partial charge in [0.25, 0.3) is 0 Å². The lowest BCUT2D eigenvalue weighted by atomic mass is 9.85. The normalized spacial score (nSPS) is 17.3. The van der Waals surface area contributed by atoms with Gasteiger partial charge in [-0.3, -0.25) is 4.98 Å². The Morgan fingerprint density at radius 2 is 1.76 bits per heavy atom. The van der Waals surface area contributed by atoms with Crippen LogP contribution < -0.4 is 5.32 Å². The van der Waals surface area contributed by atoms with Crippen LogP contribution in [0.25, 0.3) is 17.2 Å². The van der Waals surface area contributed by atoms with Gasteiger partial charge in [0, 0.05) is 62.0 Å². The van der Waals surface area contributed by atoms with E-state index in [1.165, 1.54) is 39.1 Å². The molecule has 1 aromatic carbocycles. The van der Waals surface area contributed by atoms with Crippen molar-refractivity contribution in [2.45, 2.75) is 91.2 Å². The van der Waals surface area contributed by atoms with Crippen LogP contribution in [0.2, 0.25) is 0 Å². The number of hydrogen-bond donors (Lipinski definition) is 1. The molecule has 51 heavy (non-hydrogen) atoms. The quantitative estimate of drug-likeness (QED) is 0.203. The van der Waals surface area contributed by atoms with E-state index in [0.29, 0.717) is 5.92 Å². The number of imidazole rings is 1. The van der Waals surface area contributed by atoms with E-state index in [9.17, 15) is 0 Å². The van der Waals surface area contributed by atoms with Crippen molar-refractivity contribution >= 4 is 17.2 Å². The zero-order valence-corrected chi connectivity index (χ0v) is 31.9. The molecule has 0 spiro atoms. The summed E-state index contributed by atoms with van der Waals surface area (Å²) >= 11 is 0. The van der Waals surface area contributed by atoms with Gasteiger partial charge in [-0.2, -0.15) is 0 Å². The number of likely N-dealkylation sites (tertiary alicyclic amines) is 2. The van der Waals surface area contributed by atoms with Crippen LogP contribution >= 0.6 is 0 Å². The fraction of sp³-hybridized carbons (Fsp3) is 0.455. The molecule has 7 heteroatoms. The van der Waals surface area contributed by atoms with Crippen LogP contribution in [0.1, 0.15) is 112 Å². The van der Waals surface area contributed by atoms with E-state index in [2.05, 4.69) is 122 Å². The van der Waals surface area contributed by atoms with Crippen molar-refractivity contribution in [3.05, 3.63) is 125 Å². The summed E-state index contributed by atoms with van der Waals surface area (Å²) in [5.41, 5.74) is 13.1. The number of pyridine rings is 1. The largest absolute Gasteiger partial charge is 0.474 e. The van der Waals surface area contributed by atoms with Gasteiger partial charge in [0.05, 0.1) is 30.0 Å². The van der Waals surface area contributed by atoms with Crippen LogP contribution in [0, 0.1) is 12.8 Å². The number of benzene rings is 1. The molecule has 2 saturated heterocycles. The first-order valence-corrected chi connectivity index (χ1v) is 18.9. The number of fused-ring (bicyclic) bond motifs is 2. The van der Waals surface area contributed by atoms with Crippen LogP contribution in [-0.4, -0.2) is 56.1 Å². The number of allylic oxidation sites excluding steroid dienone is 2. The smallest absolute Gasteiger partial charge is 0.182 e. The molecule has 2 aliphatic heterocycles. The molecule has 1 aliphatic carbocycles. The highest BCUT2D eigenvalue weighted by molar-refractivity contribution is 5.99. The Morgan fingerprint density at radius 3 is 2.43 bits per heavy atom. The Kier molecular flexibility index (Phi) is 10.9. The second-order valence-corrected chi connectivity index (χ2v) is 15.7. The Labute approximate surface area is 306 Å². The van der Waals surface area contributed by atoms with E-state index >= 15 is 0 Å². The maximum Gasteiger partial charge on any atom is 0.182 e. The number of ether oxygens (including phenoxy) is 1. The molecule has 2 fully saturated rings. The third kappa shape index (κ3) is 8.35. The zero-order chi connectivity index (χ0) is 36.3. The lowest BCUT2D eigenvalue weighted by Gasteiger charge is -2.38. The molecule has 1 N–H and O–H groups in total. The standard InChI is InChI=1S/C44H58N6O/c1-10-12-31(3)47-43(40-28-45-29-48(40)9)39-27-36-13-11-20-46-42(36)41(37-15-14-30(2)25-38(37)39)35-18-23-49(24-19-35)32(4)26-34-16-21-50(22-17-34)33(5)51-44(6,7)8/h11,13-15,20,25,27-29,34,43,47H,3-5,10,12,16-19,21-24,26H2,1-2,6-9H3. The predicted octanol–water partition coefficient (Wildman–Crippen LogP) is 9.42. The zero-order valence-electron chi connectivity index (χ0n) is 31.9. The Hall–Kier alpha value is -4.52. The number of hydrogen-bond acceptors (Lipinski definition) is 6. The van der Waals surface area contributed by atoms with Crippen molar-refractivity contribution in [2.75, 3.05) is 26.2 Å². The Morgan fingerprint density at radius 1 is 1.02 bits per heavy atom. The molecule has 2 aromatic heterocycles. The summed E-state index contributed by atoms with van der Waals surface area (Å²) in [5.74, 6) is 1.44. The van der Waals surface area contributed by atoms with Crippen LogP contribution in [0.5, 0.6) is 0 Å². The third-order valence-electron chi connectivity index (χ3n) is 10.6. The Balaban J connectivity index is 1.25. The molecule has 4 heterocycles. The highest BCUT2D eigenvalue weighted by Gasteiger charge is 2.31. The van der Waals surface area contributed by atoms with Gasteiger partial charge in [0.15, 0.2) is 5.88 Å². The summed E-state index contributed by atoms with van der Waals surface area (Å²) in [6.45, 7) is 27.8. The van der Waals surface area contributed by atoms with Crippen molar-refractivity contribution in [1.82, 2.24) is 29.7 Å². The van der Waals surface area contributed by atoms with Crippen LogP contribution in [0.4, 0.5) is 0 Å². The summed E-state index contributed by atoms with van der Waals surface area (Å²) in [4.78, 5) is 14.4. The minimum absolute atomic E-state index is 0.115. The van der Waals surface area contributed by atoms with Crippen molar-refractivity contribution in [3.63, 3.8) is 0 Å². The summed E-state index contributed by atoms with van der Waals surface area (Å²) in [5, 5.41) is 3.82. The van der Waals surface area contributed by atoms with Gasteiger partial charge in [-0.05, 0) is 108 Å². The molecule has 3 aromatic rings. The van der Waals surface area contributed by atoms with Crippen LogP contribution in [0.15, 0.2) is 91.6 Å². The number of aryl methyl sites for hydroxylation is 2. The van der Waals surface area contributed by atoms with Crippen LogP contribution in [-0.2, 0) is 11.8 Å². The molecule has 0 bridgehead atoms. The van der Waals surface area contributed by atoms with Crippen molar-refractivity contribution in [1.29, 1.82) is 0 Å². The molecular formula is C44H58N6O. The molecular weight excluding hydrogens is 629 g/mol. The fourth-order valence-electron chi connectivity index (χ4n) is 7.97. The van der Waals surface area contributed by atoms with Gasteiger partial charge >= 0.3 is 0 Å². The average molecular weight is 687 g/mol. The van der Waals surface area contributed by atoms with E-state index in [0.717, 1.165) is 99.7 Å². The number of rotatable bonds is 11. The molecule has 0 radical (unpaired) electrons. The molecule has 3 aliphatic rings. The first-order chi connectivity index (χ1) is 24.4. The Bertz CT molecular complexity index is 1820. The predicted molar refractivity (Wildman–Crippen MR) is 211 cm³/mol. The van der Waals surface area contributed by atoms with Gasteiger partial charge in [0.1, 0.15) is 5.60 Å². The molecule has 1 atom stereocenters. The maximum atomic E-state index is 6.05. The van der Waals surface area contributed by atoms with Crippen molar-refractivity contribution in [3.8, 4) is 0 Å². The lowest BCUT2D eigenvalue weighted by Crippen LogP contribution is -2.37. The number of aromatic nitrogens is 3. The molecule has 0 saturated carbocycles. The summed E-state index contributed by atoms with van der Waals surface area (Å²) < 4.78 is 8.17.